The summed E-state index contributed by atoms with van der Waals surface area (Å²) in [5, 5.41) is 7.88. The van der Waals surface area contributed by atoms with Crippen molar-refractivity contribution in [2.24, 2.45) is 5.92 Å². The van der Waals surface area contributed by atoms with Gasteiger partial charge >= 0.3 is 0 Å². The fourth-order valence-corrected chi connectivity index (χ4v) is 3.85. The highest BCUT2D eigenvalue weighted by Crippen LogP contribution is 2.36. The van der Waals surface area contributed by atoms with Gasteiger partial charge in [0.2, 0.25) is 0 Å². The highest BCUT2D eigenvalue weighted by atomic mass is 79.9. The van der Waals surface area contributed by atoms with Crippen LogP contribution in [0.2, 0.25) is 0 Å². The molecule has 2 aliphatic rings. The largest absolute Gasteiger partial charge is 0.310 e. The molecule has 2 saturated heterocycles. The lowest BCUT2D eigenvalue weighted by Crippen LogP contribution is -2.31. The Balaban J connectivity index is 1.78. The molecule has 0 aromatic carbocycles. The molecule has 110 valence electrons. The van der Waals surface area contributed by atoms with Gasteiger partial charge in [-0.1, -0.05) is 0 Å². The molecular weight excluding hydrogens is 320 g/mol. The molecule has 0 aliphatic carbocycles. The summed E-state index contributed by atoms with van der Waals surface area (Å²) in [5.41, 5.74) is 0.742. The normalized spacial score (nSPS) is 28.5. The van der Waals surface area contributed by atoms with Crippen LogP contribution in [0.4, 0.5) is 0 Å². The van der Waals surface area contributed by atoms with Crippen LogP contribution in [0.25, 0.3) is 0 Å². The van der Waals surface area contributed by atoms with E-state index in [0.717, 1.165) is 36.1 Å². The zero-order chi connectivity index (χ0) is 14.3. The van der Waals surface area contributed by atoms with E-state index < -0.39 is 0 Å². The zero-order valence-corrected chi connectivity index (χ0v) is 13.6. The van der Waals surface area contributed by atoms with Crippen molar-refractivity contribution in [2.75, 3.05) is 20.6 Å². The molecule has 20 heavy (non-hydrogen) atoms. The SMILES string of the molecule is CN(C)CCn1ncc(Br)c1C(=O)C1CC2CCC1N2. The lowest BCUT2D eigenvalue weighted by atomic mass is 9.85. The number of ketones is 1. The third-order valence-electron chi connectivity index (χ3n) is 4.42. The Bertz CT molecular complexity index is 513. The molecule has 2 bridgehead atoms. The van der Waals surface area contributed by atoms with Crippen molar-refractivity contribution in [1.29, 1.82) is 0 Å². The Kier molecular flexibility index (Phi) is 3.97. The molecule has 0 spiro atoms. The number of Topliss-reactive ketones (excluding diaryl/α,β-unsaturated/α-hetero) is 1. The average Bonchev–Trinajstić information content (AvgIpc) is 3.10. The number of hydrogen-bond donors (Lipinski definition) is 1. The second kappa shape index (κ2) is 5.58. The van der Waals surface area contributed by atoms with Gasteiger partial charge in [-0.15, -0.1) is 0 Å². The van der Waals surface area contributed by atoms with Gasteiger partial charge in [-0.2, -0.15) is 5.10 Å². The second-order valence-electron chi connectivity index (χ2n) is 6.12. The number of rotatable bonds is 5. The quantitative estimate of drug-likeness (QED) is 0.826. The van der Waals surface area contributed by atoms with Crippen molar-refractivity contribution in [2.45, 2.75) is 37.9 Å². The van der Waals surface area contributed by atoms with Crippen LogP contribution in [0, 0.1) is 5.92 Å². The van der Waals surface area contributed by atoms with Gasteiger partial charge in [0, 0.05) is 24.5 Å². The Morgan fingerprint density at radius 3 is 2.95 bits per heavy atom. The highest BCUT2D eigenvalue weighted by molar-refractivity contribution is 9.10. The number of nitrogens with one attached hydrogen (secondary N) is 1. The van der Waals surface area contributed by atoms with Gasteiger partial charge in [-0.3, -0.25) is 9.48 Å². The lowest BCUT2D eigenvalue weighted by molar-refractivity contribution is 0.0888. The van der Waals surface area contributed by atoms with Gasteiger partial charge in [0.25, 0.3) is 0 Å². The van der Waals surface area contributed by atoms with E-state index >= 15 is 0 Å². The number of hydrogen-bond acceptors (Lipinski definition) is 4. The van der Waals surface area contributed by atoms with E-state index in [1.165, 1.54) is 6.42 Å². The Labute approximate surface area is 127 Å². The first-order chi connectivity index (χ1) is 9.56. The zero-order valence-electron chi connectivity index (χ0n) is 12.0. The van der Waals surface area contributed by atoms with Gasteiger partial charge in [0.1, 0.15) is 5.69 Å². The van der Waals surface area contributed by atoms with Crippen LogP contribution in [0.15, 0.2) is 10.7 Å². The molecule has 3 atom stereocenters. The molecule has 1 N–H and O–H groups in total. The maximum Gasteiger partial charge on any atom is 0.186 e. The number of carbonyl (C=O) groups is 1. The summed E-state index contributed by atoms with van der Waals surface area (Å²) in [6, 6.07) is 0.919. The topological polar surface area (TPSA) is 50.2 Å². The van der Waals surface area contributed by atoms with Crippen LogP contribution in [0.1, 0.15) is 29.8 Å². The molecule has 3 unspecified atom stereocenters. The minimum Gasteiger partial charge on any atom is -0.310 e. The van der Waals surface area contributed by atoms with E-state index in [-0.39, 0.29) is 11.7 Å². The van der Waals surface area contributed by atoms with Gasteiger partial charge in [0.15, 0.2) is 5.78 Å². The molecular formula is C14H21BrN4O. The molecule has 2 fully saturated rings. The van der Waals surface area contributed by atoms with Crippen molar-refractivity contribution >= 4 is 21.7 Å². The molecule has 2 aliphatic heterocycles. The van der Waals surface area contributed by atoms with Crippen LogP contribution >= 0.6 is 15.9 Å². The molecule has 1 aromatic rings. The summed E-state index contributed by atoms with van der Waals surface area (Å²) >= 11 is 3.49. The van der Waals surface area contributed by atoms with E-state index in [1.807, 2.05) is 18.8 Å². The number of halogens is 1. The molecule has 0 amide bonds. The number of fused-ring (bicyclic) bond motifs is 2. The Hall–Kier alpha value is -0.720. The number of nitrogens with zero attached hydrogens (tertiary/aromatic N) is 3. The van der Waals surface area contributed by atoms with Crippen LogP contribution in [-0.4, -0.2) is 53.2 Å². The standard InChI is InChI=1S/C14H21BrN4O/c1-18(2)5-6-19-13(11(15)8-16-19)14(20)10-7-9-3-4-12(10)17-9/h8-10,12,17H,3-7H2,1-2H3. The van der Waals surface area contributed by atoms with Crippen molar-refractivity contribution in [1.82, 2.24) is 20.0 Å². The van der Waals surface area contributed by atoms with Crippen molar-refractivity contribution < 1.29 is 4.79 Å². The summed E-state index contributed by atoms with van der Waals surface area (Å²) in [6.45, 7) is 1.62. The van der Waals surface area contributed by atoms with Gasteiger partial charge < -0.3 is 10.2 Å². The predicted molar refractivity (Wildman–Crippen MR) is 80.9 cm³/mol. The Morgan fingerprint density at radius 1 is 1.55 bits per heavy atom. The van der Waals surface area contributed by atoms with Gasteiger partial charge in [0.05, 0.1) is 17.2 Å². The first kappa shape index (κ1) is 14.2. The van der Waals surface area contributed by atoms with Crippen molar-refractivity contribution in [3.05, 3.63) is 16.4 Å². The number of carbonyl (C=O) groups excluding carboxylic acids is 1. The van der Waals surface area contributed by atoms with E-state index in [4.69, 9.17) is 0 Å². The fraction of sp³-hybridized carbons (Fsp3) is 0.714. The number of aromatic nitrogens is 2. The minimum atomic E-state index is 0.125. The molecule has 5 nitrogen and oxygen atoms in total. The van der Waals surface area contributed by atoms with E-state index in [2.05, 4.69) is 31.2 Å². The van der Waals surface area contributed by atoms with E-state index in [0.29, 0.717) is 12.1 Å². The Morgan fingerprint density at radius 2 is 2.35 bits per heavy atom. The van der Waals surface area contributed by atoms with E-state index in [1.54, 1.807) is 6.20 Å². The second-order valence-corrected chi connectivity index (χ2v) is 6.98. The molecule has 3 rings (SSSR count). The molecule has 6 heteroatoms. The van der Waals surface area contributed by atoms with Crippen molar-refractivity contribution in [3.8, 4) is 0 Å². The highest BCUT2D eigenvalue weighted by Gasteiger charge is 2.44. The molecule has 1 aromatic heterocycles. The summed E-state index contributed by atoms with van der Waals surface area (Å²) in [5.74, 6) is 0.368. The van der Waals surface area contributed by atoms with Crippen LogP contribution in [0.3, 0.4) is 0 Å². The van der Waals surface area contributed by atoms with E-state index in [9.17, 15) is 4.79 Å². The molecule has 0 radical (unpaired) electrons. The first-order valence-corrected chi connectivity index (χ1v) is 8.02. The molecule has 0 saturated carbocycles. The van der Waals surface area contributed by atoms with Crippen LogP contribution in [0.5, 0.6) is 0 Å². The third kappa shape index (κ3) is 2.56. The summed E-state index contributed by atoms with van der Waals surface area (Å²) < 4.78 is 2.67. The predicted octanol–water partition coefficient (Wildman–Crippen LogP) is 1.53. The summed E-state index contributed by atoms with van der Waals surface area (Å²) in [4.78, 5) is 14.9. The maximum atomic E-state index is 12.8. The van der Waals surface area contributed by atoms with Crippen LogP contribution < -0.4 is 5.32 Å². The van der Waals surface area contributed by atoms with Crippen molar-refractivity contribution in [3.63, 3.8) is 0 Å². The average molecular weight is 341 g/mol. The van der Waals surface area contributed by atoms with Crippen LogP contribution in [-0.2, 0) is 6.54 Å². The van der Waals surface area contributed by atoms with Gasteiger partial charge in [-0.25, -0.2) is 0 Å². The smallest absolute Gasteiger partial charge is 0.186 e. The number of likely N-dealkylation sites (N-methyl/N-ethyl adjacent to an activating group) is 1. The molecule has 3 heterocycles. The minimum absolute atomic E-state index is 0.125. The third-order valence-corrected chi connectivity index (χ3v) is 5.00. The monoisotopic (exact) mass is 340 g/mol. The lowest BCUT2D eigenvalue weighted by Gasteiger charge is -2.20. The fourth-order valence-electron chi connectivity index (χ4n) is 3.36. The summed E-state index contributed by atoms with van der Waals surface area (Å²) in [7, 11) is 4.06. The van der Waals surface area contributed by atoms with Gasteiger partial charge in [-0.05, 0) is 49.3 Å². The summed E-state index contributed by atoms with van der Waals surface area (Å²) in [6.07, 6.45) is 5.07. The first-order valence-electron chi connectivity index (χ1n) is 7.22. The maximum absolute atomic E-state index is 12.8.